The molecule has 2 nitrogen and oxygen atoms in total. The number of hydrogen-bond donors (Lipinski definition) is 1. The Morgan fingerprint density at radius 3 is 2.71 bits per heavy atom. The minimum Gasteiger partial charge on any atom is -0.481 e. The van der Waals surface area contributed by atoms with E-state index in [1.807, 2.05) is 0 Å². The van der Waals surface area contributed by atoms with E-state index in [1.54, 1.807) is 12.1 Å². The minimum absolute atomic E-state index is 0.0530. The van der Waals surface area contributed by atoms with E-state index in [2.05, 4.69) is 35.7 Å². The van der Waals surface area contributed by atoms with Crippen LogP contribution in [0, 0.1) is 23.6 Å². The van der Waals surface area contributed by atoms with Gasteiger partial charge in [0.15, 0.2) is 0 Å². The van der Waals surface area contributed by atoms with E-state index in [0.717, 1.165) is 6.42 Å². The molecule has 0 aliphatic rings. The first-order chi connectivity index (χ1) is 9.78. The summed E-state index contributed by atoms with van der Waals surface area (Å²) in [5, 5.41) is 9.40. The first-order valence-corrected chi connectivity index (χ1v) is 7.68. The molecule has 0 amide bonds. The van der Waals surface area contributed by atoms with Gasteiger partial charge >= 0.3 is 5.97 Å². The van der Waals surface area contributed by atoms with Gasteiger partial charge in [0.05, 0.1) is 10.4 Å². The number of terminal acetylenes is 1. The molecule has 0 fully saturated rings. The van der Waals surface area contributed by atoms with E-state index in [1.165, 1.54) is 6.07 Å². The summed E-state index contributed by atoms with van der Waals surface area (Å²) in [6.07, 6.45) is 7.83. The number of carboxylic acid groups (broad SMARTS) is 1. The van der Waals surface area contributed by atoms with Gasteiger partial charge in [0.2, 0.25) is 0 Å². The van der Waals surface area contributed by atoms with Gasteiger partial charge in [0.25, 0.3) is 0 Å². The van der Waals surface area contributed by atoms with E-state index in [-0.39, 0.29) is 15.5 Å². The molecular formula is C17H20BrFO2. The van der Waals surface area contributed by atoms with Gasteiger partial charge in [0.1, 0.15) is 5.82 Å². The Kier molecular flexibility index (Phi) is 6.42. The fourth-order valence-corrected chi connectivity index (χ4v) is 2.65. The second-order valence-electron chi connectivity index (χ2n) is 5.94. The third kappa shape index (κ3) is 5.17. The lowest BCUT2D eigenvalue weighted by Gasteiger charge is -2.25. The van der Waals surface area contributed by atoms with Crippen molar-refractivity contribution in [1.29, 1.82) is 0 Å². The molecule has 0 aromatic heterocycles. The van der Waals surface area contributed by atoms with Crippen molar-refractivity contribution in [2.75, 3.05) is 0 Å². The average Bonchev–Trinajstić information content (AvgIpc) is 2.41. The first kappa shape index (κ1) is 17.7. The zero-order valence-electron chi connectivity index (χ0n) is 12.3. The Balaban J connectivity index is 2.87. The number of carboxylic acids is 1. The lowest BCUT2D eigenvalue weighted by atomic mass is 9.79. The number of aliphatic carboxylic acids is 1. The Hall–Kier alpha value is -1.34. The molecule has 0 aliphatic carbocycles. The van der Waals surface area contributed by atoms with E-state index in [9.17, 15) is 14.3 Å². The zero-order chi connectivity index (χ0) is 16.0. The molecule has 1 N–H and O–H groups in total. The highest BCUT2D eigenvalue weighted by Gasteiger charge is 2.27. The van der Waals surface area contributed by atoms with Crippen LogP contribution < -0.4 is 0 Å². The van der Waals surface area contributed by atoms with Crippen molar-refractivity contribution >= 4 is 21.9 Å². The van der Waals surface area contributed by atoms with Gasteiger partial charge < -0.3 is 5.11 Å². The summed E-state index contributed by atoms with van der Waals surface area (Å²) in [6.45, 7) is 4.11. The van der Waals surface area contributed by atoms with E-state index in [0.29, 0.717) is 19.3 Å². The lowest BCUT2D eigenvalue weighted by molar-refractivity contribution is -0.139. The quantitative estimate of drug-likeness (QED) is 0.701. The maximum Gasteiger partial charge on any atom is 0.311 e. The van der Waals surface area contributed by atoms with Crippen molar-refractivity contribution in [2.45, 2.75) is 45.4 Å². The summed E-state index contributed by atoms with van der Waals surface area (Å²) < 4.78 is 14.4. The number of hydrogen-bond acceptors (Lipinski definition) is 1. The highest BCUT2D eigenvalue weighted by molar-refractivity contribution is 9.10. The average molecular weight is 355 g/mol. The molecule has 4 heteroatoms. The molecule has 0 radical (unpaired) electrons. The zero-order valence-corrected chi connectivity index (χ0v) is 13.9. The molecule has 0 saturated heterocycles. The lowest BCUT2D eigenvalue weighted by Crippen LogP contribution is -2.18. The molecule has 0 spiro atoms. The first-order valence-electron chi connectivity index (χ1n) is 6.88. The van der Waals surface area contributed by atoms with Crippen molar-refractivity contribution < 1.29 is 14.3 Å². The molecule has 0 bridgehead atoms. The Morgan fingerprint density at radius 1 is 1.48 bits per heavy atom. The van der Waals surface area contributed by atoms with Crippen LogP contribution in [0.5, 0.6) is 0 Å². The van der Waals surface area contributed by atoms with E-state index in [4.69, 9.17) is 6.42 Å². The van der Waals surface area contributed by atoms with Gasteiger partial charge in [-0.3, -0.25) is 4.79 Å². The van der Waals surface area contributed by atoms with Gasteiger partial charge in [-0.15, -0.1) is 12.3 Å². The largest absolute Gasteiger partial charge is 0.481 e. The molecule has 0 aliphatic heterocycles. The minimum atomic E-state index is -1.00. The Morgan fingerprint density at radius 2 is 2.14 bits per heavy atom. The van der Waals surface area contributed by atoms with Gasteiger partial charge in [0, 0.05) is 12.0 Å². The fraction of sp³-hybridized carbons (Fsp3) is 0.471. The second kappa shape index (κ2) is 7.61. The molecule has 0 heterocycles. The van der Waals surface area contributed by atoms with Gasteiger partial charge in [-0.1, -0.05) is 26.0 Å². The van der Waals surface area contributed by atoms with Gasteiger partial charge in [-0.2, -0.15) is 0 Å². The van der Waals surface area contributed by atoms with Crippen molar-refractivity contribution in [3.63, 3.8) is 0 Å². The van der Waals surface area contributed by atoms with Crippen LogP contribution in [0.3, 0.4) is 0 Å². The summed E-state index contributed by atoms with van der Waals surface area (Å²) in [5.74, 6) is 0.265. The monoisotopic (exact) mass is 354 g/mol. The second-order valence-corrected chi connectivity index (χ2v) is 6.80. The van der Waals surface area contributed by atoms with E-state index < -0.39 is 17.7 Å². The maximum absolute atomic E-state index is 14.1. The summed E-state index contributed by atoms with van der Waals surface area (Å²) in [5.41, 5.74) is 0.173. The SMILES string of the molecule is C#CCCC(C)(C)CCC(C(=O)O)c1cccc(Br)c1F. The predicted molar refractivity (Wildman–Crippen MR) is 85.6 cm³/mol. The number of halogens is 2. The molecule has 1 aromatic rings. The molecule has 114 valence electrons. The van der Waals surface area contributed by atoms with Crippen molar-refractivity contribution in [1.82, 2.24) is 0 Å². The van der Waals surface area contributed by atoms with Crippen molar-refractivity contribution in [3.05, 3.63) is 34.1 Å². The Bertz CT molecular complexity index is 546. The summed E-state index contributed by atoms with van der Waals surface area (Å²) in [6, 6.07) is 4.75. The standard InChI is InChI=1S/C17H20BrFO2/c1-4-5-10-17(2,3)11-9-13(16(20)21)12-7-6-8-14(18)15(12)19/h1,6-8,13H,5,9-11H2,2-3H3,(H,20,21). The molecule has 1 rings (SSSR count). The highest BCUT2D eigenvalue weighted by Crippen LogP contribution is 2.35. The van der Waals surface area contributed by atoms with Crippen LogP contribution in [-0.4, -0.2) is 11.1 Å². The summed E-state index contributed by atoms with van der Waals surface area (Å²) in [7, 11) is 0. The maximum atomic E-state index is 14.1. The van der Waals surface area contributed by atoms with Crippen LogP contribution in [0.25, 0.3) is 0 Å². The number of benzene rings is 1. The van der Waals surface area contributed by atoms with E-state index >= 15 is 0 Å². The van der Waals surface area contributed by atoms with Crippen LogP contribution in [0.1, 0.15) is 51.0 Å². The fourth-order valence-electron chi connectivity index (χ4n) is 2.27. The van der Waals surface area contributed by atoms with Crippen LogP contribution in [-0.2, 0) is 4.79 Å². The molecule has 1 unspecified atom stereocenters. The Labute approximate surface area is 133 Å². The smallest absolute Gasteiger partial charge is 0.311 e. The molecule has 1 atom stereocenters. The van der Waals surface area contributed by atoms with Crippen molar-refractivity contribution in [2.24, 2.45) is 5.41 Å². The topological polar surface area (TPSA) is 37.3 Å². The molecule has 21 heavy (non-hydrogen) atoms. The highest BCUT2D eigenvalue weighted by atomic mass is 79.9. The van der Waals surface area contributed by atoms with Crippen molar-refractivity contribution in [3.8, 4) is 12.3 Å². The van der Waals surface area contributed by atoms with Gasteiger partial charge in [-0.05, 0) is 46.7 Å². The molecule has 1 aromatic carbocycles. The normalized spacial score (nSPS) is 12.7. The third-order valence-electron chi connectivity index (χ3n) is 3.71. The van der Waals surface area contributed by atoms with Crippen LogP contribution in [0.4, 0.5) is 4.39 Å². The van der Waals surface area contributed by atoms with Crippen LogP contribution in [0.15, 0.2) is 22.7 Å². The van der Waals surface area contributed by atoms with Crippen LogP contribution in [0.2, 0.25) is 0 Å². The van der Waals surface area contributed by atoms with Crippen LogP contribution >= 0.6 is 15.9 Å². The molecule has 0 saturated carbocycles. The van der Waals surface area contributed by atoms with Gasteiger partial charge in [-0.25, -0.2) is 4.39 Å². The molecular weight excluding hydrogens is 335 g/mol. The number of carbonyl (C=O) groups is 1. The third-order valence-corrected chi connectivity index (χ3v) is 4.32. The summed E-state index contributed by atoms with van der Waals surface area (Å²) >= 11 is 3.10. The summed E-state index contributed by atoms with van der Waals surface area (Å²) in [4.78, 5) is 11.5. The number of rotatable bonds is 7. The predicted octanol–water partition coefficient (Wildman–Crippen LogP) is 4.98.